The number of ether oxygens (including phenoxy) is 2. The molecule has 1 aromatic heterocycles. The number of alkyl halides is 3. The van der Waals surface area contributed by atoms with Crippen molar-refractivity contribution in [1.82, 2.24) is 15.0 Å². The number of halogens is 3. The molecule has 1 unspecified atom stereocenters. The van der Waals surface area contributed by atoms with Crippen molar-refractivity contribution in [2.24, 2.45) is 40.4 Å². The average Bonchev–Trinajstić information content (AvgIpc) is 3.42. The normalized spacial score (nSPS) is 39.4. The van der Waals surface area contributed by atoms with E-state index in [0.717, 1.165) is 64.4 Å². The van der Waals surface area contributed by atoms with E-state index in [-0.39, 0.29) is 40.3 Å². The van der Waals surface area contributed by atoms with Crippen LogP contribution in [-0.4, -0.2) is 51.6 Å². The Kier molecular flexibility index (Phi) is 6.76. The zero-order chi connectivity index (χ0) is 28.5. The molecule has 0 bridgehead atoms. The number of hydrogen-bond donors (Lipinski definition) is 1. The average molecular weight is 564 g/mol. The van der Waals surface area contributed by atoms with Gasteiger partial charge in [-0.05, 0) is 111 Å². The second-order valence-electron chi connectivity index (χ2n) is 13.6. The monoisotopic (exact) mass is 563 g/mol. The van der Waals surface area contributed by atoms with Crippen molar-refractivity contribution in [1.29, 1.82) is 0 Å². The molecule has 1 N–H and O–H groups in total. The van der Waals surface area contributed by atoms with Gasteiger partial charge in [0.25, 0.3) is 0 Å². The van der Waals surface area contributed by atoms with Crippen molar-refractivity contribution in [3.05, 3.63) is 18.2 Å². The minimum Gasteiger partial charge on any atom is -0.406 e. The minimum atomic E-state index is -4.79. The van der Waals surface area contributed by atoms with Gasteiger partial charge in [0.05, 0.1) is 12.2 Å². The summed E-state index contributed by atoms with van der Waals surface area (Å²) in [5, 5.41) is 19.5. The molecule has 0 spiro atoms. The summed E-state index contributed by atoms with van der Waals surface area (Å²) in [6.45, 7) is 5.04. The predicted octanol–water partition coefficient (Wildman–Crippen LogP) is 5.94. The zero-order valence-electron chi connectivity index (χ0n) is 23.5. The molecular weight excluding hydrogens is 523 g/mol. The summed E-state index contributed by atoms with van der Waals surface area (Å²) < 4.78 is 47.7. The van der Waals surface area contributed by atoms with Crippen molar-refractivity contribution >= 4 is 16.8 Å². The van der Waals surface area contributed by atoms with Crippen LogP contribution < -0.4 is 4.74 Å². The summed E-state index contributed by atoms with van der Waals surface area (Å²) in [6, 6.07) is 3.83. The molecule has 6 rings (SSSR count). The summed E-state index contributed by atoms with van der Waals surface area (Å²) in [5.74, 6) is 1.73. The fourth-order valence-corrected chi connectivity index (χ4v) is 9.77. The first-order valence-corrected chi connectivity index (χ1v) is 14.7. The molecule has 0 amide bonds. The molecule has 1 aromatic carbocycles. The molecule has 1 heterocycles. The highest BCUT2D eigenvalue weighted by Crippen LogP contribution is 2.68. The van der Waals surface area contributed by atoms with Gasteiger partial charge in [-0.25, -0.2) is 0 Å². The van der Waals surface area contributed by atoms with Crippen LogP contribution in [0.15, 0.2) is 18.2 Å². The van der Waals surface area contributed by atoms with Crippen LogP contribution in [0, 0.1) is 40.4 Å². The highest BCUT2D eigenvalue weighted by atomic mass is 19.4. The van der Waals surface area contributed by atoms with Crippen LogP contribution in [0.5, 0.6) is 5.75 Å². The third-order valence-corrected chi connectivity index (χ3v) is 11.4. The van der Waals surface area contributed by atoms with E-state index >= 15 is 0 Å². The first-order valence-electron chi connectivity index (χ1n) is 14.7. The molecule has 0 saturated heterocycles. The van der Waals surface area contributed by atoms with Gasteiger partial charge in [0.15, 0.2) is 5.78 Å². The van der Waals surface area contributed by atoms with E-state index in [1.54, 1.807) is 7.11 Å². The molecule has 4 saturated carbocycles. The second kappa shape index (κ2) is 9.68. The van der Waals surface area contributed by atoms with Gasteiger partial charge in [0.2, 0.25) is 0 Å². The highest BCUT2D eigenvalue weighted by Gasteiger charge is 2.63. The smallest absolute Gasteiger partial charge is 0.406 e. The Bertz CT molecular complexity index is 1280. The number of aliphatic hydroxyl groups is 1. The largest absolute Gasteiger partial charge is 0.573 e. The molecular formula is C30H40F3N3O4. The van der Waals surface area contributed by atoms with Crippen LogP contribution >= 0.6 is 0 Å². The number of ketones is 1. The Labute approximate surface area is 232 Å². The predicted molar refractivity (Wildman–Crippen MR) is 141 cm³/mol. The van der Waals surface area contributed by atoms with Gasteiger partial charge in [-0.1, -0.05) is 6.92 Å². The standard InChI is InChI=1S/C30H40F3N3O4/c1-27(38)12-13-29(17-39-3)18(15-27)4-6-20-21-7-8-23(28(21,2)11-10-22(20)29)26(37)16-36-34-24-9-5-19(14-25(24)35-36)40-30(31,32)33/h5,9,14,18,20-23,38H,4,6-8,10-13,15-17H2,1-3H3/t18-,20-,21-,22-,23+,27+,28-,29?/m0/s1. The number of rotatable bonds is 6. The lowest BCUT2D eigenvalue weighted by molar-refractivity contribution is -0.274. The van der Waals surface area contributed by atoms with Gasteiger partial charge in [0, 0.05) is 19.1 Å². The van der Waals surface area contributed by atoms with E-state index in [4.69, 9.17) is 4.74 Å². The van der Waals surface area contributed by atoms with E-state index in [1.807, 2.05) is 6.92 Å². The molecule has 2 aromatic rings. The van der Waals surface area contributed by atoms with E-state index in [9.17, 15) is 23.1 Å². The first kappa shape index (κ1) is 27.9. The molecule has 0 aliphatic heterocycles. The van der Waals surface area contributed by atoms with Gasteiger partial charge >= 0.3 is 6.36 Å². The Morgan fingerprint density at radius 1 is 1.05 bits per heavy atom. The fraction of sp³-hybridized carbons (Fsp3) is 0.767. The number of carbonyl (C=O) groups is 1. The Hall–Kier alpha value is -2.20. The van der Waals surface area contributed by atoms with Crippen molar-refractivity contribution in [3.8, 4) is 5.75 Å². The van der Waals surface area contributed by atoms with Gasteiger partial charge in [-0.3, -0.25) is 4.79 Å². The molecule has 0 radical (unpaired) electrons. The van der Waals surface area contributed by atoms with Gasteiger partial charge in [0.1, 0.15) is 23.3 Å². The summed E-state index contributed by atoms with van der Waals surface area (Å²) in [4.78, 5) is 15.0. The van der Waals surface area contributed by atoms with E-state index < -0.39 is 12.0 Å². The van der Waals surface area contributed by atoms with Crippen molar-refractivity contribution in [2.75, 3.05) is 13.7 Å². The number of nitrogens with zero attached hydrogens (tertiary/aromatic N) is 3. The number of carbonyl (C=O) groups excluding carboxylic acids is 1. The zero-order valence-corrected chi connectivity index (χ0v) is 23.5. The molecule has 220 valence electrons. The topological polar surface area (TPSA) is 86.5 Å². The van der Waals surface area contributed by atoms with Gasteiger partial charge in [-0.2, -0.15) is 15.0 Å². The van der Waals surface area contributed by atoms with Crippen molar-refractivity contribution < 1.29 is 32.5 Å². The molecule has 7 nitrogen and oxygen atoms in total. The molecule has 4 aliphatic rings. The number of methoxy groups -OCH3 is 1. The van der Waals surface area contributed by atoms with Crippen LogP contribution in [0.3, 0.4) is 0 Å². The second-order valence-corrected chi connectivity index (χ2v) is 13.6. The lowest BCUT2D eigenvalue weighted by atomic mass is 9.43. The Morgan fingerprint density at radius 3 is 2.58 bits per heavy atom. The molecule has 4 fully saturated rings. The van der Waals surface area contributed by atoms with Crippen molar-refractivity contribution in [2.45, 2.75) is 90.1 Å². The number of hydrogen-bond acceptors (Lipinski definition) is 6. The number of aromatic nitrogens is 3. The summed E-state index contributed by atoms with van der Waals surface area (Å²) in [7, 11) is 1.80. The van der Waals surface area contributed by atoms with E-state index in [0.29, 0.717) is 29.2 Å². The molecule has 4 aliphatic carbocycles. The maximum absolute atomic E-state index is 13.7. The fourth-order valence-electron chi connectivity index (χ4n) is 9.77. The Balaban J connectivity index is 1.19. The molecule has 10 heteroatoms. The van der Waals surface area contributed by atoms with Crippen LogP contribution in [0.1, 0.15) is 71.6 Å². The van der Waals surface area contributed by atoms with Crippen LogP contribution in [-0.2, 0) is 16.1 Å². The molecule has 40 heavy (non-hydrogen) atoms. The maximum Gasteiger partial charge on any atom is 0.573 e. The number of Topliss-reactive ketones (excluding diaryl/α,β-unsaturated/α-hetero) is 1. The van der Waals surface area contributed by atoms with Gasteiger partial charge in [-0.15, -0.1) is 13.2 Å². The number of benzene rings is 1. The Morgan fingerprint density at radius 2 is 1.82 bits per heavy atom. The minimum absolute atomic E-state index is 0.00990. The lowest BCUT2D eigenvalue weighted by Crippen LogP contribution is -2.58. The molecule has 8 atom stereocenters. The third kappa shape index (κ3) is 4.72. The van der Waals surface area contributed by atoms with Gasteiger partial charge < -0.3 is 14.6 Å². The third-order valence-electron chi connectivity index (χ3n) is 11.4. The summed E-state index contributed by atoms with van der Waals surface area (Å²) >= 11 is 0. The lowest BCUT2D eigenvalue weighted by Gasteiger charge is -2.62. The first-order chi connectivity index (χ1) is 18.8. The van der Waals surface area contributed by atoms with Crippen LogP contribution in [0.2, 0.25) is 0 Å². The quantitative estimate of drug-likeness (QED) is 0.469. The number of fused-ring (bicyclic) bond motifs is 6. The van der Waals surface area contributed by atoms with Crippen molar-refractivity contribution in [3.63, 3.8) is 0 Å². The SMILES string of the molecule is COCC12CC[C@@](C)(O)C[C@@H]1CC[C@@H]1[C@@H]2CC[C@]2(C)[C@@H](C(=O)Cn3nc4ccc(OC(F)(F)F)cc4n3)CC[C@@H]12. The maximum atomic E-state index is 13.7. The van der Waals surface area contributed by atoms with Crippen LogP contribution in [0.25, 0.3) is 11.0 Å². The van der Waals surface area contributed by atoms with Crippen LogP contribution in [0.4, 0.5) is 13.2 Å². The summed E-state index contributed by atoms with van der Waals surface area (Å²) in [6.07, 6.45) is 4.08. The summed E-state index contributed by atoms with van der Waals surface area (Å²) in [5.41, 5.74) is 0.111. The van der Waals surface area contributed by atoms with E-state index in [2.05, 4.69) is 21.9 Å². The van der Waals surface area contributed by atoms with E-state index in [1.165, 1.54) is 23.0 Å². The highest BCUT2D eigenvalue weighted by molar-refractivity contribution is 5.82.